The zero-order valence-corrected chi connectivity index (χ0v) is 28.0. The van der Waals surface area contributed by atoms with E-state index in [0.717, 1.165) is 54.2 Å². The van der Waals surface area contributed by atoms with Crippen molar-refractivity contribution in [1.29, 1.82) is 0 Å². The van der Waals surface area contributed by atoms with Crippen LogP contribution in [-0.4, -0.2) is 77.9 Å². The van der Waals surface area contributed by atoms with Gasteiger partial charge in [-0.1, -0.05) is 30.3 Å². The third kappa shape index (κ3) is 8.65. The predicted molar refractivity (Wildman–Crippen MR) is 188 cm³/mol. The van der Waals surface area contributed by atoms with E-state index in [-0.39, 0.29) is 23.3 Å². The number of ether oxygens (including phenoxy) is 1. The van der Waals surface area contributed by atoms with E-state index in [9.17, 15) is 9.59 Å². The van der Waals surface area contributed by atoms with E-state index in [2.05, 4.69) is 49.6 Å². The molecule has 10 heteroatoms. The Bertz CT molecular complexity index is 1660. The zero-order valence-electron chi connectivity index (χ0n) is 28.0. The summed E-state index contributed by atoms with van der Waals surface area (Å²) in [5, 5.41) is 6.29. The number of aryl methyl sites for hydroxylation is 3. The Hall–Kier alpha value is -4.96. The summed E-state index contributed by atoms with van der Waals surface area (Å²) in [6.45, 7) is 13.3. The van der Waals surface area contributed by atoms with Gasteiger partial charge < -0.3 is 30.1 Å². The highest BCUT2D eigenvalue weighted by Crippen LogP contribution is 2.29. The van der Waals surface area contributed by atoms with Gasteiger partial charge in [0.25, 0.3) is 5.91 Å². The van der Waals surface area contributed by atoms with Gasteiger partial charge in [-0.15, -0.1) is 0 Å². The van der Waals surface area contributed by atoms with Crippen molar-refractivity contribution in [3.8, 4) is 11.6 Å². The predicted octanol–water partition coefficient (Wildman–Crippen LogP) is 6.43. The standard InChI is InChI=1S/C37H45N7O3/c1-6-43(7-2)33(45)19-14-28-12-9-13-31(24-28)47-36-32(35(46)40-34-26(3)10-8-11-27(34)4)25-38-37(41-36)39-29-15-17-30(18-16-29)44-22-20-42(5)21-23-44/h8-13,15-18,24-25H,6-7,14,19-23H2,1-5H3,(H,40,46)(H,38,39,41). The maximum Gasteiger partial charge on any atom is 0.262 e. The van der Waals surface area contributed by atoms with Gasteiger partial charge in [0, 0.05) is 68.9 Å². The number of para-hydroxylation sites is 1. The third-order valence-corrected chi connectivity index (χ3v) is 8.57. The molecule has 2 N–H and O–H groups in total. The number of nitrogens with zero attached hydrogens (tertiary/aromatic N) is 5. The number of hydrogen-bond acceptors (Lipinski definition) is 8. The molecule has 1 aliphatic heterocycles. The molecule has 0 saturated carbocycles. The molecular formula is C37H45N7O3. The van der Waals surface area contributed by atoms with Crippen molar-refractivity contribution in [2.24, 2.45) is 0 Å². The number of aromatic nitrogens is 2. The second-order valence-corrected chi connectivity index (χ2v) is 11.9. The first-order valence-corrected chi connectivity index (χ1v) is 16.3. The highest BCUT2D eigenvalue weighted by atomic mass is 16.5. The van der Waals surface area contributed by atoms with Crippen molar-refractivity contribution in [3.05, 3.63) is 95.2 Å². The lowest BCUT2D eigenvalue weighted by Crippen LogP contribution is -2.44. The fraction of sp³-hybridized carbons (Fsp3) is 0.351. The molecule has 5 rings (SSSR count). The fourth-order valence-electron chi connectivity index (χ4n) is 5.66. The Kier molecular flexibility index (Phi) is 11.1. The largest absolute Gasteiger partial charge is 0.438 e. The second-order valence-electron chi connectivity index (χ2n) is 11.9. The molecule has 0 bridgehead atoms. The van der Waals surface area contributed by atoms with Crippen LogP contribution in [-0.2, 0) is 11.2 Å². The van der Waals surface area contributed by atoms with Crippen LogP contribution >= 0.6 is 0 Å². The summed E-state index contributed by atoms with van der Waals surface area (Å²) in [4.78, 5) is 41.9. The van der Waals surface area contributed by atoms with E-state index >= 15 is 0 Å². The number of carbonyl (C=O) groups is 2. The van der Waals surface area contributed by atoms with Crippen molar-refractivity contribution >= 4 is 34.8 Å². The number of carbonyl (C=O) groups excluding carboxylic acids is 2. The lowest BCUT2D eigenvalue weighted by molar-refractivity contribution is -0.130. The molecule has 0 aliphatic carbocycles. The van der Waals surface area contributed by atoms with Crippen molar-refractivity contribution in [1.82, 2.24) is 19.8 Å². The number of nitrogens with one attached hydrogen (secondary N) is 2. The normalized spacial score (nSPS) is 13.3. The number of hydrogen-bond donors (Lipinski definition) is 2. The van der Waals surface area contributed by atoms with E-state index in [0.29, 0.717) is 37.6 Å². The molecule has 246 valence electrons. The summed E-state index contributed by atoms with van der Waals surface area (Å²) in [6, 6.07) is 21.6. The van der Waals surface area contributed by atoms with Gasteiger partial charge in [0.2, 0.25) is 17.7 Å². The van der Waals surface area contributed by atoms with Gasteiger partial charge in [-0.3, -0.25) is 9.59 Å². The molecule has 1 aliphatic rings. The van der Waals surface area contributed by atoms with Crippen LogP contribution in [0.5, 0.6) is 11.6 Å². The molecule has 3 aromatic carbocycles. The molecule has 2 heterocycles. The quantitative estimate of drug-likeness (QED) is 0.184. The number of benzene rings is 3. The first-order chi connectivity index (χ1) is 22.7. The van der Waals surface area contributed by atoms with Crippen LogP contribution in [0.1, 0.15) is 47.3 Å². The van der Waals surface area contributed by atoms with E-state index in [1.54, 1.807) is 0 Å². The molecule has 4 aromatic rings. The van der Waals surface area contributed by atoms with Crippen molar-refractivity contribution in [3.63, 3.8) is 0 Å². The molecule has 0 unspecified atom stereocenters. The SMILES string of the molecule is CCN(CC)C(=O)CCc1cccc(Oc2nc(Nc3ccc(N4CCN(C)CC4)cc3)ncc2C(=O)Nc2c(C)cccc2C)c1. The summed E-state index contributed by atoms with van der Waals surface area (Å²) in [7, 11) is 2.15. The summed E-state index contributed by atoms with van der Waals surface area (Å²) in [6.07, 6.45) is 2.47. The Morgan fingerprint density at radius 1 is 0.915 bits per heavy atom. The summed E-state index contributed by atoms with van der Waals surface area (Å²) in [5.74, 6) is 0.685. The summed E-state index contributed by atoms with van der Waals surface area (Å²) < 4.78 is 6.29. The minimum atomic E-state index is -0.374. The van der Waals surface area contributed by atoms with Crippen molar-refractivity contribution < 1.29 is 14.3 Å². The molecule has 2 amide bonds. The Balaban J connectivity index is 1.38. The van der Waals surface area contributed by atoms with Crippen LogP contribution in [0.2, 0.25) is 0 Å². The van der Waals surface area contributed by atoms with Gasteiger partial charge in [-0.25, -0.2) is 4.98 Å². The van der Waals surface area contributed by atoms with Crippen LogP contribution in [0.25, 0.3) is 0 Å². The highest BCUT2D eigenvalue weighted by molar-refractivity contribution is 6.06. The first kappa shape index (κ1) is 33.4. The topological polar surface area (TPSA) is 103 Å². The maximum absolute atomic E-state index is 13.6. The van der Waals surface area contributed by atoms with Crippen molar-refractivity contribution in [2.45, 2.75) is 40.5 Å². The van der Waals surface area contributed by atoms with Crippen LogP contribution in [0.15, 0.2) is 72.9 Å². The van der Waals surface area contributed by atoms with Gasteiger partial charge in [-0.05, 0) is 94.3 Å². The molecule has 1 aromatic heterocycles. The van der Waals surface area contributed by atoms with Crippen LogP contribution < -0.4 is 20.3 Å². The second kappa shape index (κ2) is 15.6. The lowest BCUT2D eigenvalue weighted by atomic mass is 10.1. The van der Waals surface area contributed by atoms with Gasteiger partial charge in [-0.2, -0.15) is 4.98 Å². The van der Waals surface area contributed by atoms with E-state index < -0.39 is 0 Å². The minimum Gasteiger partial charge on any atom is -0.438 e. The fourth-order valence-corrected chi connectivity index (χ4v) is 5.66. The average Bonchev–Trinajstić information content (AvgIpc) is 3.07. The van der Waals surface area contributed by atoms with Crippen LogP contribution in [0.4, 0.5) is 23.0 Å². The average molecular weight is 636 g/mol. The maximum atomic E-state index is 13.6. The summed E-state index contributed by atoms with van der Waals surface area (Å²) >= 11 is 0. The first-order valence-electron chi connectivity index (χ1n) is 16.3. The molecule has 1 saturated heterocycles. The Labute approximate surface area is 277 Å². The molecule has 10 nitrogen and oxygen atoms in total. The molecular weight excluding hydrogens is 590 g/mol. The van der Waals surface area contributed by atoms with E-state index in [4.69, 9.17) is 4.74 Å². The van der Waals surface area contributed by atoms with Gasteiger partial charge in [0.15, 0.2) is 0 Å². The van der Waals surface area contributed by atoms with E-state index in [1.165, 1.54) is 11.9 Å². The third-order valence-electron chi connectivity index (χ3n) is 8.57. The molecule has 1 fully saturated rings. The van der Waals surface area contributed by atoms with Crippen LogP contribution in [0.3, 0.4) is 0 Å². The van der Waals surface area contributed by atoms with Crippen molar-refractivity contribution in [2.75, 3.05) is 61.8 Å². The molecule has 47 heavy (non-hydrogen) atoms. The molecule has 0 atom stereocenters. The highest BCUT2D eigenvalue weighted by Gasteiger charge is 2.20. The minimum absolute atomic E-state index is 0.120. The number of rotatable bonds is 12. The Morgan fingerprint density at radius 2 is 1.60 bits per heavy atom. The van der Waals surface area contributed by atoms with E-state index in [1.807, 2.05) is 87.2 Å². The number of amides is 2. The smallest absolute Gasteiger partial charge is 0.262 e. The van der Waals surface area contributed by atoms with Crippen LogP contribution in [0, 0.1) is 13.8 Å². The van der Waals surface area contributed by atoms with Gasteiger partial charge in [0.05, 0.1) is 0 Å². The molecule has 0 spiro atoms. The summed E-state index contributed by atoms with van der Waals surface area (Å²) in [5.41, 5.74) is 5.79. The van der Waals surface area contributed by atoms with Gasteiger partial charge >= 0.3 is 0 Å². The van der Waals surface area contributed by atoms with Gasteiger partial charge in [0.1, 0.15) is 11.3 Å². The monoisotopic (exact) mass is 635 g/mol. The number of piperazine rings is 1. The zero-order chi connectivity index (χ0) is 33.3. The Morgan fingerprint density at radius 3 is 2.28 bits per heavy atom. The molecule has 0 radical (unpaired) electrons. The number of anilines is 4. The number of likely N-dealkylation sites (N-methyl/N-ethyl adjacent to an activating group) is 1. The lowest BCUT2D eigenvalue weighted by Gasteiger charge is -2.34.